The number of non-ortho nitro benzene ring substituents is 1. The van der Waals surface area contributed by atoms with Crippen molar-refractivity contribution in [3.8, 4) is 0 Å². The minimum atomic E-state index is -3.92. The number of hydrogen-bond donors (Lipinski definition) is 2. The molecule has 9 heteroatoms. The van der Waals surface area contributed by atoms with Crippen LogP contribution in [0.15, 0.2) is 23.1 Å². The number of benzene rings is 1. The van der Waals surface area contributed by atoms with Crippen molar-refractivity contribution in [1.82, 2.24) is 4.72 Å². The minimum absolute atomic E-state index is 0.104. The van der Waals surface area contributed by atoms with Gasteiger partial charge in [-0.2, -0.15) is 0 Å². The molecule has 0 amide bonds. The highest BCUT2D eigenvalue weighted by Gasteiger charge is 2.41. The molecule has 0 bridgehead atoms. The predicted octanol–water partition coefficient (Wildman–Crippen LogP) is 2.43. The fourth-order valence-electron chi connectivity index (χ4n) is 3.05. The summed E-state index contributed by atoms with van der Waals surface area (Å²) < 4.78 is 28.1. The van der Waals surface area contributed by atoms with Gasteiger partial charge in [-0.1, -0.05) is 31.4 Å². The van der Waals surface area contributed by atoms with E-state index in [1.807, 2.05) is 6.92 Å². The molecule has 0 saturated heterocycles. The summed E-state index contributed by atoms with van der Waals surface area (Å²) in [5.74, 6) is 0.104. The maximum absolute atomic E-state index is 12.7. The van der Waals surface area contributed by atoms with Gasteiger partial charge in [0.1, 0.15) is 4.90 Å². The Balaban J connectivity index is 2.36. The average molecular weight is 362 g/mol. The summed E-state index contributed by atoms with van der Waals surface area (Å²) in [5.41, 5.74) is 4.90. The molecule has 3 N–H and O–H groups in total. The molecule has 0 aliphatic heterocycles. The van der Waals surface area contributed by atoms with E-state index >= 15 is 0 Å². The number of nitrogens with zero attached hydrogens (tertiary/aromatic N) is 1. The van der Waals surface area contributed by atoms with Crippen molar-refractivity contribution >= 4 is 27.3 Å². The lowest BCUT2D eigenvalue weighted by atomic mass is 9.74. The normalized spacial score (nSPS) is 25.3. The van der Waals surface area contributed by atoms with Gasteiger partial charge in [-0.25, -0.2) is 13.1 Å². The lowest BCUT2D eigenvalue weighted by molar-refractivity contribution is -0.384. The van der Waals surface area contributed by atoms with Gasteiger partial charge in [0.05, 0.1) is 9.95 Å². The number of nitro benzene ring substituents is 1. The largest absolute Gasteiger partial charge is 0.329 e. The van der Waals surface area contributed by atoms with Crippen LogP contribution in [0.5, 0.6) is 0 Å². The highest BCUT2D eigenvalue weighted by atomic mass is 35.5. The Bertz CT molecular complexity index is 710. The Labute approximate surface area is 140 Å². The summed E-state index contributed by atoms with van der Waals surface area (Å²) in [6.45, 7) is 2.17. The lowest BCUT2D eigenvalue weighted by Gasteiger charge is -2.42. The highest BCUT2D eigenvalue weighted by Crippen LogP contribution is 2.35. The molecular formula is C14H20ClN3O4S. The number of rotatable bonds is 5. The molecule has 1 aromatic rings. The van der Waals surface area contributed by atoms with Crippen LogP contribution in [-0.4, -0.2) is 25.4 Å². The maximum atomic E-state index is 12.7. The lowest BCUT2D eigenvalue weighted by Crippen LogP contribution is -2.58. The van der Waals surface area contributed by atoms with E-state index in [-0.39, 0.29) is 28.1 Å². The fraction of sp³-hybridized carbons (Fsp3) is 0.571. The number of nitro groups is 1. The third kappa shape index (κ3) is 3.65. The summed E-state index contributed by atoms with van der Waals surface area (Å²) in [7, 11) is -3.92. The Morgan fingerprint density at radius 2 is 2.17 bits per heavy atom. The van der Waals surface area contributed by atoms with Crippen molar-refractivity contribution in [2.45, 2.75) is 43.0 Å². The van der Waals surface area contributed by atoms with Gasteiger partial charge in [0, 0.05) is 24.2 Å². The van der Waals surface area contributed by atoms with Gasteiger partial charge in [0.15, 0.2) is 0 Å². The monoisotopic (exact) mass is 361 g/mol. The first-order chi connectivity index (χ1) is 10.7. The second-order valence-electron chi connectivity index (χ2n) is 5.98. The van der Waals surface area contributed by atoms with Gasteiger partial charge < -0.3 is 5.73 Å². The SMILES string of the molecule is CC1CCCCC1(CN)NS(=O)(=O)c1ccc([N+](=O)[O-])cc1Cl. The van der Waals surface area contributed by atoms with E-state index in [0.29, 0.717) is 6.42 Å². The zero-order chi connectivity index (χ0) is 17.3. The molecule has 0 aromatic heterocycles. The second-order valence-corrected chi connectivity index (χ2v) is 8.04. The first-order valence-corrected chi connectivity index (χ1v) is 9.26. The van der Waals surface area contributed by atoms with Crippen LogP contribution < -0.4 is 10.5 Å². The Morgan fingerprint density at radius 3 is 2.70 bits per heavy atom. The molecule has 1 saturated carbocycles. The quantitative estimate of drug-likeness (QED) is 0.617. The van der Waals surface area contributed by atoms with Gasteiger partial charge in [-0.05, 0) is 24.8 Å². The second kappa shape index (κ2) is 6.72. The average Bonchev–Trinajstić information content (AvgIpc) is 2.49. The van der Waals surface area contributed by atoms with Crippen molar-refractivity contribution in [3.63, 3.8) is 0 Å². The Morgan fingerprint density at radius 1 is 1.48 bits per heavy atom. The molecule has 7 nitrogen and oxygen atoms in total. The van der Waals surface area contributed by atoms with Crippen LogP contribution in [0.4, 0.5) is 5.69 Å². The van der Waals surface area contributed by atoms with E-state index in [0.717, 1.165) is 37.5 Å². The summed E-state index contributed by atoms with van der Waals surface area (Å²) in [6, 6.07) is 3.32. The van der Waals surface area contributed by atoms with E-state index in [4.69, 9.17) is 17.3 Å². The standard InChI is InChI=1S/C14H20ClN3O4S/c1-10-4-2-3-7-14(10,9-16)17-23(21,22)13-6-5-11(18(19)20)8-12(13)15/h5-6,8,10,17H,2-4,7,9,16H2,1H3. The van der Waals surface area contributed by atoms with Gasteiger partial charge in [-0.3, -0.25) is 10.1 Å². The third-order valence-corrected chi connectivity index (χ3v) is 6.61. The van der Waals surface area contributed by atoms with Crippen LogP contribution in [-0.2, 0) is 10.0 Å². The van der Waals surface area contributed by atoms with Gasteiger partial charge in [-0.15, -0.1) is 0 Å². The number of hydrogen-bond acceptors (Lipinski definition) is 5. The van der Waals surface area contributed by atoms with E-state index in [1.54, 1.807) is 0 Å². The molecule has 128 valence electrons. The first kappa shape index (κ1) is 18.1. The summed E-state index contributed by atoms with van der Waals surface area (Å²) in [5, 5.41) is 10.6. The van der Waals surface area contributed by atoms with Crippen LogP contribution >= 0.6 is 11.6 Å². The van der Waals surface area contributed by atoms with Crippen molar-refractivity contribution in [1.29, 1.82) is 0 Å². The molecule has 1 fully saturated rings. The molecule has 1 aliphatic rings. The maximum Gasteiger partial charge on any atom is 0.271 e. The fourth-order valence-corrected chi connectivity index (χ4v) is 5.13. The summed E-state index contributed by atoms with van der Waals surface area (Å²) >= 11 is 5.95. The van der Waals surface area contributed by atoms with Gasteiger partial charge in [0.2, 0.25) is 10.0 Å². The molecule has 2 unspecified atom stereocenters. The zero-order valence-electron chi connectivity index (χ0n) is 12.8. The molecule has 0 heterocycles. The zero-order valence-corrected chi connectivity index (χ0v) is 14.4. The first-order valence-electron chi connectivity index (χ1n) is 7.40. The van der Waals surface area contributed by atoms with Crippen LogP contribution in [0.1, 0.15) is 32.6 Å². The molecule has 0 radical (unpaired) electrons. The van der Waals surface area contributed by atoms with Crippen molar-refractivity contribution in [2.24, 2.45) is 11.7 Å². The van der Waals surface area contributed by atoms with E-state index in [2.05, 4.69) is 4.72 Å². The molecule has 2 rings (SSSR count). The van der Waals surface area contributed by atoms with Crippen LogP contribution in [0.2, 0.25) is 5.02 Å². The Hall–Kier alpha value is -1.22. The van der Waals surface area contributed by atoms with Gasteiger partial charge in [0.25, 0.3) is 5.69 Å². The molecule has 1 aromatic carbocycles. The number of sulfonamides is 1. The predicted molar refractivity (Wildman–Crippen MR) is 87.8 cm³/mol. The third-order valence-electron chi connectivity index (χ3n) is 4.57. The van der Waals surface area contributed by atoms with Gasteiger partial charge >= 0.3 is 0 Å². The topological polar surface area (TPSA) is 115 Å². The van der Waals surface area contributed by atoms with Crippen LogP contribution in [0.25, 0.3) is 0 Å². The number of nitrogens with two attached hydrogens (primary N) is 1. The minimum Gasteiger partial charge on any atom is -0.329 e. The molecule has 0 spiro atoms. The van der Waals surface area contributed by atoms with E-state index in [1.165, 1.54) is 0 Å². The van der Waals surface area contributed by atoms with Crippen molar-refractivity contribution < 1.29 is 13.3 Å². The summed E-state index contributed by atoms with van der Waals surface area (Å²) in [4.78, 5) is 9.94. The number of halogens is 1. The molecule has 23 heavy (non-hydrogen) atoms. The van der Waals surface area contributed by atoms with E-state index in [9.17, 15) is 18.5 Å². The Kier molecular flexibility index (Phi) is 5.30. The molecule has 2 atom stereocenters. The van der Waals surface area contributed by atoms with Crippen molar-refractivity contribution in [2.75, 3.05) is 6.54 Å². The highest BCUT2D eigenvalue weighted by molar-refractivity contribution is 7.89. The van der Waals surface area contributed by atoms with Crippen molar-refractivity contribution in [3.05, 3.63) is 33.3 Å². The smallest absolute Gasteiger partial charge is 0.271 e. The van der Waals surface area contributed by atoms with Crippen LogP contribution in [0, 0.1) is 16.0 Å². The molecule has 1 aliphatic carbocycles. The van der Waals surface area contributed by atoms with Crippen LogP contribution in [0.3, 0.4) is 0 Å². The number of nitrogens with one attached hydrogen (secondary N) is 1. The molecular weight excluding hydrogens is 342 g/mol. The summed E-state index contributed by atoms with van der Waals surface area (Å²) in [6.07, 6.45) is 3.50. The van der Waals surface area contributed by atoms with E-state index < -0.39 is 20.5 Å².